The number of nitrogens with one attached hydrogen (secondary N) is 1. The third kappa shape index (κ3) is 3.09. The van der Waals surface area contributed by atoms with Gasteiger partial charge in [0, 0.05) is 32.1 Å². The fourth-order valence-corrected chi connectivity index (χ4v) is 3.11. The van der Waals surface area contributed by atoms with Crippen LogP contribution < -0.4 is 21.3 Å². The Bertz CT molecular complexity index is 956. The Morgan fingerprint density at radius 1 is 1.20 bits per heavy atom. The third-order valence-electron chi connectivity index (χ3n) is 4.44. The molecule has 1 aromatic heterocycles. The average molecular weight is 343 g/mol. The zero-order chi connectivity index (χ0) is 18.4. The van der Waals surface area contributed by atoms with E-state index in [0.29, 0.717) is 6.42 Å². The summed E-state index contributed by atoms with van der Waals surface area (Å²) < 4.78 is 8.09. The van der Waals surface area contributed by atoms with Crippen LogP contribution in [0.5, 0.6) is 5.75 Å². The van der Waals surface area contributed by atoms with Crippen LogP contribution >= 0.6 is 0 Å². The van der Waals surface area contributed by atoms with Crippen molar-refractivity contribution < 1.29 is 9.53 Å². The Morgan fingerprint density at radius 2 is 1.88 bits per heavy atom. The highest BCUT2D eigenvalue weighted by molar-refractivity contribution is 5.92. The lowest BCUT2D eigenvalue weighted by atomic mass is 9.89. The lowest BCUT2D eigenvalue weighted by molar-refractivity contribution is 0.0617. The maximum Gasteiger partial charge on any atom is 0.331 e. The number of hydrogen-bond acceptors (Lipinski definition) is 4. The number of benzene rings is 1. The van der Waals surface area contributed by atoms with Crippen LogP contribution in [0.1, 0.15) is 42.4 Å². The van der Waals surface area contributed by atoms with Gasteiger partial charge in [0.1, 0.15) is 17.0 Å². The van der Waals surface area contributed by atoms with Gasteiger partial charge in [0.15, 0.2) is 0 Å². The summed E-state index contributed by atoms with van der Waals surface area (Å²) in [5.74, 6) is 0.261. The van der Waals surface area contributed by atoms with Crippen LogP contribution in [0.2, 0.25) is 0 Å². The first kappa shape index (κ1) is 17.0. The summed E-state index contributed by atoms with van der Waals surface area (Å²) in [6, 6.07) is 8.43. The zero-order valence-corrected chi connectivity index (χ0v) is 14.7. The second-order valence-corrected chi connectivity index (χ2v) is 6.90. The zero-order valence-electron chi connectivity index (χ0n) is 14.7. The third-order valence-corrected chi connectivity index (χ3v) is 4.44. The van der Waals surface area contributed by atoms with Crippen molar-refractivity contribution in [2.45, 2.75) is 31.9 Å². The second kappa shape index (κ2) is 5.91. The lowest BCUT2D eigenvalue weighted by Crippen LogP contribution is -2.44. The van der Waals surface area contributed by atoms with E-state index < -0.39 is 22.8 Å². The number of nitrogens with zero attached hydrogens (tertiary/aromatic N) is 2. The summed E-state index contributed by atoms with van der Waals surface area (Å²) in [5.41, 5.74) is -0.574. The molecule has 1 amide bonds. The highest BCUT2D eigenvalue weighted by Gasteiger charge is 2.34. The number of carbonyl (C=O) groups excluding carboxylic acids is 1. The predicted molar refractivity (Wildman–Crippen MR) is 92.9 cm³/mol. The van der Waals surface area contributed by atoms with Gasteiger partial charge in [-0.2, -0.15) is 0 Å². The fraction of sp³-hybridized carbons (Fsp3) is 0.389. The van der Waals surface area contributed by atoms with E-state index in [4.69, 9.17) is 4.74 Å². The minimum absolute atomic E-state index is 0.0369. The molecule has 2 heterocycles. The Balaban J connectivity index is 1.97. The van der Waals surface area contributed by atoms with Crippen LogP contribution in [0.25, 0.3) is 0 Å². The normalized spacial score (nSPS) is 18.2. The minimum atomic E-state index is -0.537. The molecule has 25 heavy (non-hydrogen) atoms. The van der Waals surface area contributed by atoms with E-state index in [9.17, 15) is 14.4 Å². The van der Waals surface area contributed by atoms with Crippen molar-refractivity contribution in [3.8, 4) is 5.75 Å². The molecule has 0 aliphatic carbocycles. The van der Waals surface area contributed by atoms with E-state index >= 15 is 0 Å². The summed E-state index contributed by atoms with van der Waals surface area (Å²) in [6.45, 7) is 3.91. The topological polar surface area (TPSA) is 82.3 Å². The Kier molecular flexibility index (Phi) is 4.02. The fourth-order valence-electron chi connectivity index (χ4n) is 3.11. The van der Waals surface area contributed by atoms with Crippen molar-refractivity contribution in [2.24, 2.45) is 14.1 Å². The monoisotopic (exact) mass is 343 g/mol. The SMILES string of the molecule is Cn1c(C(=O)N[C@@H]2CC(C)(C)Oc3ccccc32)cc(=O)n(C)c1=O. The molecule has 0 saturated heterocycles. The van der Waals surface area contributed by atoms with Gasteiger partial charge in [0.25, 0.3) is 11.5 Å². The van der Waals surface area contributed by atoms with E-state index in [1.807, 2.05) is 38.1 Å². The van der Waals surface area contributed by atoms with Gasteiger partial charge < -0.3 is 10.1 Å². The van der Waals surface area contributed by atoms with Gasteiger partial charge in [-0.05, 0) is 19.9 Å². The molecule has 1 atom stereocenters. The number of carbonyl (C=O) groups is 1. The molecule has 0 unspecified atom stereocenters. The standard InChI is InChI=1S/C18H21N3O4/c1-18(2)10-12(11-7-5-6-8-14(11)25-18)19-16(23)13-9-15(22)21(4)17(24)20(13)3/h5-9,12H,10H2,1-4H3,(H,19,23)/t12-/m1/s1. The number of hydrogen-bond donors (Lipinski definition) is 1. The van der Waals surface area contributed by atoms with Gasteiger partial charge >= 0.3 is 5.69 Å². The van der Waals surface area contributed by atoms with Crippen molar-refractivity contribution in [3.05, 3.63) is 62.4 Å². The van der Waals surface area contributed by atoms with Crippen molar-refractivity contribution >= 4 is 5.91 Å². The number of para-hydroxylation sites is 1. The molecule has 7 nitrogen and oxygen atoms in total. The Morgan fingerprint density at radius 3 is 2.60 bits per heavy atom. The van der Waals surface area contributed by atoms with E-state index in [-0.39, 0.29) is 11.7 Å². The first-order chi connectivity index (χ1) is 11.7. The van der Waals surface area contributed by atoms with Crippen LogP contribution in [0.4, 0.5) is 0 Å². The first-order valence-electron chi connectivity index (χ1n) is 8.05. The maximum absolute atomic E-state index is 12.7. The largest absolute Gasteiger partial charge is 0.487 e. The van der Waals surface area contributed by atoms with Crippen LogP contribution in [0.15, 0.2) is 39.9 Å². The van der Waals surface area contributed by atoms with Crippen molar-refractivity contribution in [1.82, 2.24) is 14.5 Å². The summed E-state index contributed by atoms with van der Waals surface area (Å²) in [4.78, 5) is 36.6. The lowest BCUT2D eigenvalue weighted by Gasteiger charge is -2.37. The highest BCUT2D eigenvalue weighted by Crippen LogP contribution is 2.39. The summed E-state index contributed by atoms with van der Waals surface area (Å²) >= 11 is 0. The number of aromatic nitrogens is 2. The molecule has 1 aromatic carbocycles. The van der Waals surface area contributed by atoms with Gasteiger partial charge in [0.05, 0.1) is 6.04 Å². The van der Waals surface area contributed by atoms with Crippen LogP contribution in [-0.4, -0.2) is 20.6 Å². The van der Waals surface area contributed by atoms with Gasteiger partial charge in [-0.3, -0.25) is 18.7 Å². The quantitative estimate of drug-likeness (QED) is 0.886. The van der Waals surface area contributed by atoms with Crippen LogP contribution in [-0.2, 0) is 14.1 Å². The van der Waals surface area contributed by atoms with E-state index in [2.05, 4.69) is 5.32 Å². The minimum Gasteiger partial charge on any atom is -0.487 e. The van der Waals surface area contributed by atoms with Crippen molar-refractivity contribution in [2.75, 3.05) is 0 Å². The van der Waals surface area contributed by atoms with Crippen LogP contribution in [0, 0.1) is 0 Å². The molecule has 0 saturated carbocycles. The molecule has 0 spiro atoms. The summed E-state index contributed by atoms with van der Waals surface area (Å²) in [5, 5.41) is 2.93. The summed E-state index contributed by atoms with van der Waals surface area (Å²) in [6.07, 6.45) is 0.578. The number of ether oxygens (including phenoxy) is 1. The van der Waals surface area contributed by atoms with Gasteiger partial charge in [-0.15, -0.1) is 0 Å². The maximum atomic E-state index is 12.7. The molecular weight excluding hydrogens is 322 g/mol. The van der Waals surface area contributed by atoms with Gasteiger partial charge in [-0.25, -0.2) is 4.79 Å². The smallest absolute Gasteiger partial charge is 0.331 e. The highest BCUT2D eigenvalue weighted by atomic mass is 16.5. The molecule has 0 bridgehead atoms. The molecule has 0 radical (unpaired) electrons. The molecule has 0 fully saturated rings. The molecule has 132 valence electrons. The molecule has 1 aliphatic heterocycles. The molecular formula is C18H21N3O4. The number of amides is 1. The van der Waals surface area contributed by atoms with Gasteiger partial charge in [-0.1, -0.05) is 18.2 Å². The molecule has 7 heteroatoms. The van der Waals surface area contributed by atoms with E-state index in [0.717, 1.165) is 15.9 Å². The Labute approximate surface area is 144 Å². The second-order valence-electron chi connectivity index (χ2n) is 6.90. The van der Waals surface area contributed by atoms with Crippen molar-refractivity contribution in [1.29, 1.82) is 0 Å². The molecule has 1 aliphatic rings. The average Bonchev–Trinajstić information content (AvgIpc) is 2.55. The molecule has 1 N–H and O–H groups in total. The number of fused-ring (bicyclic) bond motifs is 1. The molecule has 3 rings (SSSR count). The van der Waals surface area contributed by atoms with E-state index in [1.54, 1.807) is 0 Å². The van der Waals surface area contributed by atoms with Gasteiger partial charge in [0.2, 0.25) is 0 Å². The van der Waals surface area contributed by atoms with E-state index in [1.165, 1.54) is 24.7 Å². The Hall–Kier alpha value is -2.83. The first-order valence-corrected chi connectivity index (χ1v) is 8.05. The predicted octanol–water partition coefficient (Wildman–Crippen LogP) is 1.12. The summed E-state index contributed by atoms with van der Waals surface area (Å²) in [7, 11) is 2.85. The number of rotatable bonds is 2. The van der Waals surface area contributed by atoms with Crippen LogP contribution in [0.3, 0.4) is 0 Å². The molecule has 2 aromatic rings. The van der Waals surface area contributed by atoms with Crippen molar-refractivity contribution in [3.63, 3.8) is 0 Å².